The molecule has 82 valence electrons. The van der Waals surface area contributed by atoms with Crippen LogP contribution in [0.15, 0.2) is 0 Å². The van der Waals surface area contributed by atoms with Crippen LogP contribution >= 0.6 is 0 Å². The predicted molar refractivity (Wildman–Crippen MR) is 56.1 cm³/mol. The third kappa shape index (κ3) is 2.18. The van der Waals surface area contributed by atoms with E-state index in [0.29, 0.717) is 0 Å². The second kappa shape index (κ2) is 4.03. The number of nitriles is 2. The highest BCUT2D eigenvalue weighted by atomic mass is 16.2. The van der Waals surface area contributed by atoms with Gasteiger partial charge in [-0.25, -0.2) is 0 Å². The van der Waals surface area contributed by atoms with Gasteiger partial charge >= 0.3 is 0 Å². The average molecular weight is 217 g/mol. The maximum atomic E-state index is 11.6. The van der Waals surface area contributed by atoms with Gasteiger partial charge in [-0.1, -0.05) is 20.8 Å². The number of anilines is 1. The van der Waals surface area contributed by atoms with Crippen molar-refractivity contribution >= 4 is 11.7 Å². The molecule has 0 bridgehead atoms. The van der Waals surface area contributed by atoms with Crippen LogP contribution in [-0.2, 0) is 4.79 Å². The number of hydrogen-bond donors (Lipinski definition) is 2. The molecule has 0 unspecified atom stereocenters. The summed E-state index contributed by atoms with van der Waals surface area (Å²) < 4.78 is 0. The summed E-state index contributed by atoms with van der Waals surface area (Å²) in [7, 11) is 0. The molecule has 0 fully saturated rings. The van der Waals surface area contributed by atoms with E-state index in [9.17, 15) is 4.79 Å². The molecule has 1 amide bonds. The fourth-order valence-electron chi connectivity index (χ4n) is 0.917. The zero-order valence-electron chi connectivity index (χ0n) is 9.25. The molecule has 0 saturated carbocycles. The minimum absolute atomic E-state index is 0.0479. The van der Waals surface area contributed by atoms with Gasteiger partial charge in [-0.05, 0) is 0 Å². The SMILES string of the molecule is CC(C)(C)C(=O)Nc1n[nH]c(C#N)c1C#N. The molecule has 0 aromatic carbocycles. The van der Waals surface area contributed by atoms with Crippen molar-refractivity contribution in [1.29, 1.82) is 10.5 Å². The zero-order valence-corrected chi connectivity index (χ0v) is 9.25. The smallest absolute Gasteiger partial charge is 0.230 e. The lowest BCUT2D eigenvalue weighted by Gasteiger charge is -2.16. The van der Waals surface area contributed by atoms with E-state index < -0.39 is 5.41 Å². The molecule has 0 spiro atoms. The van der Waals surface area contributed by atoms with E-state index in [4.69, 9.17) is 10.5 Å². The number of hydrogen-bond acceptors (Lipinski definition) is 4. The largest absolute Gasteiger partial charge is 0.308 e. The van der Waals surface area contributed by atoms with Crippen molar-refractivity contribution < 1.29 is 4.79 Å². The molecule has 0 saturated heterocycles. The molecule has 6 heteroatoms. The summed E-state index contributed by atoms with van der Waals surface area (Å²) in [4.78, 5) is 11.6. The molecule has 0 aliphatic rings. The Morgan fingerprint density at radius 2 is 2.00 bits per heavy atom. The first-order valence-corrected chi connectivity index (χ1v) is 4.60. The number of carbonyl (C=O) groups excluding carboxylic acids is 1. The van der Waals surface area contributed by atoms with E-state index in [1.807, 2.05) is 6.07 Å². The minimum Gasteiger partial charge on any atom is -0.308 e. The van der Waals surface area contributed by atoms with Crippen LogP contribution in [0.4, 0.5) is 5.82 Å². The molecule has 16 heavy (non-hydrogen) atoms. The summed E-state index contributed by atoms with van der Waals surface area (Å²) in [5, 5.41) is 26.1. The molecule has 0 aliphatic heterocycles. The average Bonchev–Trinajstić information content (AvgIpc) is 2.58. The molecule has 0 radical (unpaired) electrons. The van der Waals surface area contributed by atoms with E-state index in [2.05, 4.69) is 15.5 Å². The second-order valence-electron chi connectivity index (χ2n) is 4.25. The van der Waals surface area contributed by atoms with Crippen LogP contribution in [0.25, 0.3) is 0 Å². The van der Waals surface area contributed by atoms with Crippen LogP contribution in [0.3, 0.4) is 0 Å². The molecule has 0 atom stereocenters. The maximum absolute atomic E-state index is 11.6. The number of H-pyrrole nitrogens is 1. The molecule has 6 nitrogen and oxygen atoms in total. The van der Waals surface area contributed by atoms with E-state index >= 15 is 0 Å². The summed E-state index contributed by atoms with van der Waals surface area (Å²) in [6, 6.07) is 3.61. The summed E-state index contributed by atoms with van der Waals surface area (Å²) in [6.45, 7) is 5.23. The lowest BCUT2D eigenvalue weighted by molar-refractivity contribution is -0.123. The Labute approximate surface area is 92.9 Å². The van der Waals surface area contributed by atoms with Gasteiger partial charge in [-0.15, -0.1) is 0 Å². The van der Waals surface area contributed by atoms with Crippen LogP contribution in [0.5, 0.6) is 0 Å². The van der Waals surface area contributed by atoms with Crippen molar-refractivity contribution in [3.63, 3.8) is 0 Å². The number of aromatic nitrogens is 2. The Hall–Kier alpha value is -2.34. The zero-order chi connectivity index (χ0) is 12.3. The van der Waals surface area contributed by atoms with Crippen LogP contribution in [0.2, 0.25) is 0 Å². The Morgan fingerprint density at radius 1 is 1.38 bits per heavy atom. The third-order valence-corrected chi connectivity index (χ3v) is 1.90. The molecule has 2 N–H and O–H groups in total. The predicted octanol–water partition coefficient (Wildman–Crippen LogP) is 1.14. The van der Waals surface area contributed by atoms with Crippen molar-refractivity contribution in [2.24, 2.45) is 5.41 Å². The van der Waals surface area contributed by atoms with Gasteiger partial charge in [-0.2, -0.15) is 15.6 Å². The van der Waals surface area contributed by atoms with E-state index in [0.717, 1.165) is 0 Å². The number of aromatic amines is 1. The molecule has 1 heterocycles. The topological polar surface area (TPSA) is 105 Å². The highest BCUT2D eigenvalue weighted by molar-refractivity contribution is 5.94. The number of rotatable bonds is 1. The van der Waals surface area contributed by atoms with Gasteiger partial charge < -0.3 is 5.32 Å². The van der Waals surface area contributed by atoms with Crippen LogP contribution in [0.1, 0.15) is 32.0 Å². The van der Waals surface area contributed by atoms with E-state index in [1.165, 1.54) is 0 Å². The van der Waals surface area contributed by atoms with E-state index in [-0.39, 0.29) is 23.0 Å². The Balaban J connectivity index is 3.01. The van der Waals surface area contributed by atoms with Crippen LogP contribution in [-0.4, -0.2) is 16.1 Å². The van der Waals surface area contributed by atoms with Gasteiger partial charge in [-0.3, -0.25) is 9.89 Å². The van der Waals surface area contributed by atoms with Crippen molar-refractivity contribution in [2.75, 3.05) is 5.32 Å². The van der Waals surface area contributed by atoms with Crippen molar-refractivity contribution in [2.45, 2.75) is 20.8 Å². The van der Waals surface area contributed by atoms with Crippen LogP contribution in [0, 0.1) is 28.1 Å². The Bertz CT molecular complexity index is 495. The fourth-order valence-corrected chi connectivity index (χ4v) is 0.917. The molecule has 1 aromatic heterocycles. The molecule has 0 aliphatic carbocycles. The quantitative estimate of drug-likeness (QED) is 0.735. The highest BCUT2D eigenvalue weighted by Crippen LogP contribution is 2.19. The minimum atomic E-state index is -0.585. The molecule has 1 aromatic rings. The summed E-state index contributed by atoms with van der Waals surface area (Å²) in [5.41, 5.74) is -0.481. The summed E-state index contributed by atoms with van der Waals surface area (Å²) >= 11 is 0. The van der Waals surface area contributed by atoms with Gasteiger partial charge in [0.1, 0.15) is 17.7 Å². The van der Waals surface area contributed by atoms with Gasteiger partial charge in [0.25, 0.3) is 0 Å². The van der Waals surface area contributed by atoms with Crippen molar-refractivity contribution in [3.05, 3.63) is 11.3 Å². The summed E-state index contributed by atoms with van der Waals surface area (Å²) in [6.07, 6.45) is 0. The van der Waals surface area contributed by atoms with Gasteiger partial charge in [0.05, 0.1) is 0 Å². The van der Waals surface area contributed by atoms with Gasteiger partial charge in [0.15, 0.2) is 11.5 Å². The lowest BCUT2D eigenvalue weighted by Crippen LogP contribution is -2.28. The Morgan fingerprint density at radius 3 is 2.44 bits per heavy atom. The maximum Gasteiger partial charge on any atom is 0.230 e. The number of nitrogens with one attached hydrogen (secondary N) is 2. The number of carbonyl (C=O) groups is 1. The van der Waals surface area contributed by atoms with Crippen LogP contribution < -0.4 is 5.32 Å². The van der Waals surface area contributed by atoms with E-state index in [1.54, 1.807) is 26.8 Å². The second-order valence-corrected chi connectivity index (χ2v) is 4.25. The van der Waals surface area contributed by atoms with Gasteiger partial charge in [0, 0.05) is 5.41 Å². The first-order valence-electron chi connectivity index (χ1n) is 4.60. The molecular weight excluding hydrogens is 206 g/mol. The number of nitrogens with zero attached hydrogens (tertiary/aromatic N) is 3. The van der Waals surface area contributed by atoms with Crippen molar-refractivity contribution in [1.82, 2.24) is 10.2 Å². The Kier molecular flexibility index (Phi) is 2.96. The highest BCUT2D eigenvalue weighted by Gasteiger charge is 2.24. The standard InChI is InChI=1S/C10H11N5O/c1-10(2,3)9(16)13-8-6(4-11)7(5-12)14-15-8/h1-3H3,(H2,13,14,15,16). The monoisotopic (exact) mass is 217 g/mol. The van der Waals surface area contributed by atoms with Gasteiger partial charge in [0.2, 0.25) is 5.91 Å². The molecular formula is C10H11N5O. The molecule has 1 rings (SSSR count). The first-order chi connectivity index (χ1) is 7.40. The summed E-state index contributed by atoms with van der Waals surface area (Å²) in [5.74, 6) is -0.168. The number of amides is 1. The first kappa shape index (κ1) is 11.7. The normalized spacial score (nSPS) is 10.3. The third-order valence-electron chi connectivity index (χ3n) is 1.90. The van der Waals surface area contributed by atoms with Crippen molar-refractivity contribution in [3.8, 4) is 12.1 Å². The lowest BCUT2D eigenvalue weighted by atomic mass is 9.96. The fraction of sp³-hybridized carbons (Fsp3) is 0.400.